The maximum Gasteiger partial charge on any atom is 0.263 e. The lowest BCUT2D eigenvalue weighted by molar-refractivity contribution is -0.130. The molecule has 0 N–H and O–H groups in total. The Morgan fingerprint density at radius 2 is 1.81 bits per heavy atom. The SMILES string of the molecule is Cc1c(C)n(C2CCCCC2)c2ncn(CC(=O)N3CCCC3)c(=O)c12. The summed E-state index contributed by atoms with van der Waals surface area (Å²) in [6.07, 6.45) is 9.77. The molecule has 0 spiro atoms. The van der Waals surface area contributed by atoms with Crippen LogP contribution in [-0.2, 0) is 11.3 Å². The van der Waals surface area contributed by atoms with E-state index in [4.69, 9.17) is 0 Å². The topological polar surface area (TPSA) is 60.1 Å². The van der Waals surface area contributed by atoms with Crippen LogP contribution in [0.2, 0.25) is 0 Å². The van der Waals surface area contributed by atoms with Crippen molar-refractivity contribution in [2.45, 2.75) is 71.4 Å². The molecule has 2 aliphatic rings. The zero-order valence-corrected chi connectivity index (χ0v) is 15.8. The Labute approximate surface area is 153 Å². The van der Waals surface area contributed by atoms with Gasteiger partial charge in [0.25, 0.3) is 5.56 Å². The number of rotatable bonds is 3. The van der Waals surface area contributed by atoms with Crippen LogP contribution >= 0.6 is 0 Å². The quantitative estimate of drug-likeness (QED) is 0.849. The largest absolute Gasteiger partial charge is 0.341 e. The smallest absolute Gasteiger partial charge is 0.263 e. The standard InChI is InChI=1S/C20H28N4O2/c1-14-15(2)24(16-8-4-3-5-9-16)19-18(14)20(26)23(13-21-19)12-17(25)22-10-6-7-11-22/h13,16H,3-12H2,1-2H3. The molecular weight excluding hydrogens is 328 g/mol. The Hall–Kier alpha value is -2.11. The van der Waals surface area contributed by atoms with Crippen LogP contribution in [0.5, 0.6) is 0 Å². The van der Waals surface area contributed by atoms with E-state index in [-0.39, 0.29) is 18.0 Å². The first kappa shape index (κ1) is 17.3. The molecule has 0 atom stereocenters. The monoisotopic (exact) mass is 356 g/mol. The highest BCUT2D eigenvalue weighted by molar-refractivity contribution is 5.82. The second-order valence-electron chi connectivity index (χ2n) is 7.84. The van der Waals surface area contributed by atoms with Gasteiger partial charge in [-0.3, -0.25) is 14.2 Å². The van der Waals surface area contributed by atoms with Crippen molar-refractivity contribution in [3.05, 3.63) is 27.9 Å². The molecule has 4 rings (SSSR count). The average Bonchev–Trinajstić information content (AvgIpc) is 3.26. The third-order valence-corrected chi connectivity index (χ3v) is 6.23. The van der Waals surface area contributed by atoms with Crippen molar-refractivity contribution in [1.29, 1.82) is 0 Å². The van der Waals surface area contributed by atoms with Gasteiger partial charge in [-0.15, -0.1) is 0 Å². The number of hydrogen-bond donors (Lipinski definition) is 0. The third-order valence-electron chi connectivity index (χ3n) is 6.23. The Balaban J connectivity index is 1.72. The van der Waals surface area contributed by atoms with Crippen molar-refractivity contribution in [3.8, 4) is 0 Å². The summed E-state index contributed by atoms with van der Waals surface area (Å²) in [5.41, 5.74) is 2.85. The molecule has 2 aromatic rings. The fourth-order valence-electron chi connectivity index (χ4n) is 4.62. The number of nitrogens with zero attached hydrogens (tertiary/aromatic N) is 4. The minimum absolute atomic E-state index is 0.0202. The van der Waals surface area contributed by atoms with Gasteiger partial charge in [-0.2, -0.15) is 0 Å². The molecule has 26 heavy (non-hydrogen) atoms. The summed E-state index contributed by atoms with van der Waals surface area (Å²) < 4.78 is 3.76. The van der Waals surface area contributed by atoms with Gasteiger partial charge < -0.3 is 9.47 Å². The summed E-state index contributed by atoms with van der Waals surface area (Å²) >= 11 is 0. The predicted octanol–water partition coefficient (Wildman–Crippen LogP) is 2.94. The van der Waals surface area contributed by atoms with Crippen molar-refractivity contribution >= 4 is 16.9 Å². The second-order valence-corrected chi connectivity index (χ2v) is 7.84. The summed E-state index contributed by atoms with van der Waals surface area (Å²) in [7, 11) is 0. The average molecular weight is 356 g/mol. The third kappa shape index (κ3) is 2.85. The summed E-state index contributed by atoms with van der Waals surface area (Å²) in [4.78, 5) is 32.0. The molecule has 6 nitrogen and oxygen atoms in total. The van der Waals surface area contributed by atoms with E-state index < -0.39 is 0 Å². The first-order valence-corrected chi connectivity index (χ1v) is 9.92. The number of aromatic nitrogens is 3. The summed E-state index contributed by atoms with van der Waals surface area (Å²) in [5, 5.41) is 0.685. The normalized spacial score (nSPS) is 18.8. The lowest BCUT2D eigenvalue weighted by Gasteiger charge is -2.25. The molecule has 1 aliphatic heterocycles. The highest BCUT2D eigenvalue weighted by Crippen LogP contribution is 2.33. The fraction of sp³-hybridized carbons (Fsp3) is 0.650. The van der Waals surface area contributed by atoms with Gasteiger partial charge in [0.1, 0.15) is 18.5 Å². The fourth-order valence-corrected chi connectivity index (χ4v) is 4.62. The van der Waals surface area contributed by atoms with Crippen LogP contribution in [0.25, 0.3) is 11.0 Å². The van der Waals surface area contributed by atoms with E-state index in [1.807, 2.05) is 11.8 Å². The first-order valence-electron chi connectivity index (χ1n) is 9.92. The van der Waals surface area contributed by atoms with Crippen molar-refractivity contribution < 1.29 is 4.79 Å². The molecule has 0 unspecified atom stereocenters. The first-order chi connectivity index (χ1) is 12.6. The molecular formula is C20H28N4O2. The highest BCUT2D eigenvalue weighted by atomic mass is 16.2. The van der Waals surface area contributed by atoms with Crippen LogP contribution in [0.1, 0.15) is 62.2 Å². The lowest BCUT2D eigenvalue weighted by atomic mass is 9.95. The van der Waals surface area contributed by atoms with E-state index in [9.17, 15) is 9.59 Å². The van der Waals surface area contributed by atoms with Gasteiger partial charge in [-0.05, 0) is 45.1 Å². The van der Waals surface area contributed by atoms with Crippen LogP contribution in [-0.4, -0.2) is 38.0 Å². The zero-order chi connectivity index (χ0) is 18.3. The molecule has 1 aliphatic carbocycles. The number of carbonyl (C=O) groups excluding carboxylic acids is 1. The van der Waals surface area contributed by atoms with Crippen molar-refractivity contribution in [2.24, 2.45) is 0 Å². The van der Waals surface area contributed by atoms with E-state index in [1.54, 1.807) is 6.33 Å². The van der Waals surface area contributed by atoms with Gasteiger partial charge in [0.05, 0.1) is 5.39 Å². The van der Waals surface area contributed by atoms with Crippen LogP contribution in [0, 0.1) is 13.8 Å². The van der Waals surface area contributed by atoms with Crippen molar-refractivity contribution in [1.82, 2.24) is 19.0 Å². The molecule has 1 amide bonds. The number of hydrogen-bond acceptors (Lipinski definition) is 3. The second kappa shape index (κ2) is 6.89. The molecule has 3 heterocycles. The molecule has 1 saturated carbocycles. The molecule has 0 bridgehead atoms. The molecule has 2 aromatic heterocycles. The van der Waals surface area contributed by atoms with Gasteiger partial charge in [0.15, 0.2) is 0 Å². The Morgan fingerprint density at radius 1 is 1.12 bits per heavy atom. The molecule has 2 fully saturated rings. The minimum atomic E-state index is -0.0855. The Kier molecular flexibility index (Phi) is 4.59. The Morgan fingerprint density at radius 3 is 2.50 bits per heavy atom. The summed E-state index contributed by atoms with van der Waals surface area (Å²) in [6.45, 7) is 5.80. The summed E-state index contributed by atoms with van der Waals surface area (Å²) in [5.74, 6) is 0.0202. The van der Waals surface area contributed by atoms with Gasteiger partial charge in [-0.1, -0.05) is 19.3 Å². The van der Waals surface area contributed by atoms with Gasteiger partial charge in [0.2, 0.25) is 5.91 Å². The number of likely N-dealkylation sites (tertiary alicyclic amines) is 1. The predicted molar refractivity (Wildman–Crippen MR) is 101 cm³/mol. The van der Waals surface area contributed by atoms with Crippen LogP contribution in [0.3, 0.4) is 0 Å². The van der Waals surface area contributed by atoms with Crippen molar-refractivity contribution in [2.75, 3.05) is 13.1 Å². The van der Waals surface area contributed by atoms with E-state index >= 15 is 0 Å². The van der Waals surface area contributed by atoms with Crippen LogP contribution in [0.4, 0.5) is 0 Å². The molecule has 1 saturated heterocycles. The zero-order valence-electron chi connectivity index (χ0n) is 15.8. The Bertz CT molecular complexity index is 883. The minimum Gasteiger partial charge on any atom is -0.341 e. The van der Waals surface area contributed by atoms with E-state index in [1.165, 1.54) is 23.8 Å². The number of aryl methyl sites for hydroxylation is 1. The van der Waals surface area contributed by atoms with Crippen LogP contribution < -0.4 is 5.56 Å². The van der Waals surface area contributed by atoms with Gasteiger partial charge >= 0.3 is 0 Å². The van der Waals surface area contributed by atoms with Gasteiger partial charge in [0, 0.05) is 24.8 Å². The lowest BCUT2D eigenvalue weighted by Crippen LogP contribution is -2.34. The van der Waals surface area contributed by atoms with Crippen LogP contribution in [0.15, 0.2) is 11.1 Å². The van der Waals surface area contributed by atoms with E-state index in [2.05, 4.69) is 16.5 Å². The maximum absolute atomic E-state index is 13.1. The highest BCUT2D eigenvalue weighted by Gasteiger charge is 2.25. The van der Waals surface area contributed by atoms with Crippen molar-refractivity contribution in [3.63, 3.8) is 0 Å². The van der Waals surface area contributed by atoms with E-state index in [0.29, 0.717) is 11.4 Å². The maximum atomic E-state index is 13.1. The summed E-state index contributed by atoms with van der Waals surface area (Å²) in [6, 6.07) is 0.439. The van der Waals surface area contributed by atoms with E-state index in [0.717, 1.165) is 55.7 Å². The number of fused-ring (bicyclic) bond motifs is 1. The molecule has 0 aromatic carbocycles. The molecule has 6 heteroatoms. The molecule has 140 valence electrons. The number of carbonyl (C=O) groups is 1. The molecule has 0 radical (unpaired) electrons. The number of amides is 1. The van der Waals surface area contributed by atoms with Gasteiger partial charge in [-0.25, -0.2) is 4.98 Å².